The lowest BCUT2D eigenvalue weighted by Gasteiger charge is -2.15. The van der Waals surface area contributed by atoms with Crippen molar-refractivity contribution < 1.29 is 4.79 Å². The standard InChI is InChI=1S/C15H20N2O/c1-4-5-12-6-8-13(9-7-12)10-17-14(18)15(2,3)11-16/h6-9H,4-5,10H2,1-3H3,(H,17,18). The van der Waals surface area contributed by atoms with Crippen LogP contribution in [0.2, 0.25) is 0 Å². The Balaban J connectivity index is 2.54. The molecule has 0 aromatic heterocycles. The highest BCUT2D eigenvalue weighted by molar-refractivity contribution is 5.84. The average Bonchev–Trinajstić information content (AvgIpc) is 2.38. The first-order chi connectivity index (χ1) is 8.49. The molecule has 96 valence electrons. The molecule has 0 saturated carbocycles. The molecule has 1 aromatic rings. The van der Waals surface area contributed by atoms with E-state index in [0.29, 0.717) is 6.54 Å². The van der Waals surface area contributed by atoms with Crippen molar-refractivity contribution in [3.05, 3.63) is 35.4 Å². The molecular weight excluding hydrogens is 224 g/mol. The third-order valence-corrected chi connectivity index (χ3v) is 2.86. The van der Waals surface area contributed by atoms with Gasteiger partial charge >= 0.3 is 0 Å². The predicted octanol–water partition coefficient (Wildman–Crippen LogP) is 2.81. The van der Waals surface area contributed by atoms with E-state index >= 15 is 0 Å². The van der Waals surface area contributed by atoms with Gasteiger partial charge in [0.2, 0.25) is 5.91 Å². The van der Waals surface area contributed by atoms with Gasteiger partial charge in [-0.1, -0.05) is 37.6 Å². The van der Waals surface area contributed by atoms with E-state index in [1.807, 2.05) is 18.2 Å². The van der Waals surface area contributed by atoms with Crippen molar-refractivity contribution in [3.63, 3.8) is 0 Å². The zero-order valence-electron chi connectivity index (χ0n) is 11.3. The summed E-state index contributed by atoms with van der Waals surface area (Å²) in [6, 6.07) is 10.2. The SMILES string of the molecule is CCCc1ccc(CNC(=O)C(C)(C)C#N)cc1. The molecule has 1 aromatic carbocycles. The summed E-state index contributed by atoms with van der Waals surface area (Å²) in [5, 5.41) is 11.6. The van der Waals surface area contributed by atoms with Crippen molar-refractivity contribution in [2.24, 2.45) is 5.41 Å². The molecule has 3 nitrogen and oxygen atoms in total. The number of aryl methyl sites for hydroxylation is 1. The van der Waals surface area contributed by atoms with E-state index in [1.54, 1.807) is 13.8 Å². The lowest BCUT2D eigenvalue weighted by atomic mass is 9.94. The van der Waals surface area contributed by atoms with Crippen molar-refractivity contribution >= 4 is 5.91 Å². The lowest BCUT2D eigenvalue weighted by Crippen LogP contribution is -2.35. The van der Waals surface area contributed by atoms with Gasteiger partial charge in [0.1, 0.15) is 5.41 Å². The number of carbonyl (C=O) groups is 1. The second-order valence-corrected chi connectivity index (χ2v) is 4.99. The largest absolute Gasteiger partial charge is 0.351 e. The maximum Gasteiger partial charge on any atom is 0.240 e. The second kappa shape index (κ2) is 6.20. The summed E-state index contributed by atoms with van der Waals surface area (Å²) in [6.45, 7) is 5.85. The number of nitrogens with one attached hydrogen (secondary N) is 1. The number of nitriles is 1. The quantitative estimate of drug-likeness (QED) is 0.866. The molecular formula is C15H20N2O. The first kappa shape index (κ1) is 14.2. The van der Waals surface area contributed by atoms with E-state index in [0.717, 1.165) is 18.4 Å². The van der Waals surface area contributed by atoms with Gasteiger partial charge in [-0.15, -0.1) is 0 Å². The molecule has 1 rings (SSSR count). The second-order valence-electron chi connectivity index (χ2n) is 4.99. The Bertz CT molecular complexity index is 441. The molecule has 1 amide bonds. The van der Waals surface area contributed by atoms with Crippen molar-refractivity contribution in [1.82, 2.24) is 5.32 Å². The Hall–Kier alpha value is -1.82. The molecule has 0 fully saturated rings. The maximum absolute atomic E-state index is 11.7. The Morgan fingerprint density at radius 2 is 1.83 bits per heavy atom. The van der Waals surface area contributed by atoms with Gasteiger partial charge in [0, 0.05) is 6.54 Å². The molecule has 0 saturated heterocycles. The van der Waals surface area contributed by atoms with Crippen LogP contribution >= 0.6 is 0 Å². The average molecular weight is 244 g/mol. The Kier molecular flexibility index (Phi) is 4.91. The maximum atomic E-state index is 11.7. The minimum atomic E-state index is -0.970. The van der Waals surface area contributed by atoms with E-state index in [9.17, 15) is 4.79 Å². The third-order valence-electron chi connectivity index (χ3n) is 2.86. The van der Waals surface area contributed by atoms with Crippen LogP contribution in [0, 0.1) is 16.7 Å². The Morgan fingerprint density at radius 1 is 1.28 bits per heavy atom. The van der Waals surface area contributed by atoms with Crippen LogP contribution in [0.3, 0.4) is 0 Å². The molecule has 0 atom stereocenters. The van der Waals surface area contributed by atoms with E-state index in [4.69, 9.17) is 5.26 Å². The summed E-state index contributed by atoms with van der Waals surface area (Å²) in [4.78, 5) is 11.7. The van der Waals surface area contributed by atoms with Gasteiger partial charge in [0.15, 0.2) is 0 Å². The lowest BCUT2D eigenvalue weighted by molar-refractivity contribution is -0.126. The molecule has 0 spiro atoms. The monoisotopic (exact) mass is 244 g/mol. The highest BCUT2D eigenvalue weighted by Gasteiger charge is 2.26. The summed E-state index contributed by atoms with van der Waals surface area (Å²) in [6.07, 6.45) is 2.21. The summed E-state index contributed by atoms with van der Waals surface area (Å²) < 4.78 is 0. The summed E-state index contributed by atoms with van der Waals surface area (Å²) in [5.41, 5.74) is 1.39. The number of hydrogen-bond donors (Lipinski definition) is 1. The van der Waals surface area contributed by atoms with Gasteiger partial charge in [-0.2, -0.15) is 5.26 Å². The van der Waals surface area contributed by atoms with Crippen LogP contribution in [0.15, 0.2) is 24.3 Å². The van der Waals surface area contributed by atoms with Gasteiger partial charge in [-0.25, -0.2) is 0 Å². The van der Waals surface area contributed by atoms with Gasteiger partial charge in [0.25, 0.3) is 0 Å². The molecule has 0 aliphatic carbocycles. The Morgan fingerprint density at radius 3 is 2.33 bits per heavy atom. The minimum Gasteiger partial charge on any atom is -0.351 e. The fourth-order valence-electron chi connectivity index (χ4n) is 1.57. The summed E-state index contributed by atoms with van der Waals surface area (Å²) >= 11 is 0. The fourth-order valence-corrected chi connectivity index (χ4v) is 1.57. The van der Waals surface area contributed by atoms with E-state index in [2.05, 4.69) is 24.4 Å². The van der Waals surface area contributed by atoms with Crippen LogP contribution in [0.5, 0.6) is 0 Å². The number of hydrogen-bond acceptors (Lipinski definition) is 2. The van der Waals surface area contributed by atoms with E-state index in [1.165, 1.54) is 5.56 Å². The first-order valence-corrected chi connectivity index (χ1v) is 6.27. The minimum absolute atomic E-state index is 0.234. The highest BCUT2D eigenvalue weighted by atomic mass is 16.2. The summed E-state index contributed by atoms with van der Waals surface area (Å²) in [5.74, 6) is -0.234. The molecule has 0 aliphatic rings. The molecule has 0 aliphatic heterocycles. The van der Waals surface area contributed by atoms with Crippen LogP contribution in [-0.2, 0) is 17.8 Å². The van der Waals surface area contributed by atoms with Crippen LogP contribution in [0.1, 0.15) is 38.3 Å². The predicted molar refractivity (Wildman–Crippen MR) is 71.7 cm³/mol. The van der Waals surface area contributed by atoms with Crippen molar-refractivity contribution in [1.29, 1.82) is 5.26 Å². The third kappa shape index (κ3) is 3.89. The molecule has 0 radical (unpaired) electrons. The van der Waals surface area contributed by atoms with Gasteiger partial charge in [-0.05, 0) is 31.4 Å². The van der Waals surface area contributed by atoms with Crippen LogP contribution < -0.4 is 5.32 Å². The molecule has 0 unspecified atom stereocenters. The van der Waals surface area contributed by atoms with E-state index in [-0.39, 0.29) is 5.91 Å². The van der Waals surface area contributed by atoms with Crippen molar-refractivity contribution in [3.8, 4) is 6.07 Å². The molecule has 18 heavy (non-hydrogen) atoms. The van der Waals surface area contributed by atoms with Gasteiger partial charge in [0.05, 0.1) is 6.07 Å². The van der Waals surface area contributed by atoms with Gasteiger partial charge < -0.3 is 5.32 Å². The van der Waals surface area contributed by atoms with Crippen LogP contribution in [0.25, 0.3) is 0 Å². The normalized spacial score (nSPS) is 10.8. The van der Waals surface area contributed by atoms with Crippen LogP contribution in [0.4, 0.5) is 0 Å². The summed E-state index contributed by atoms with van der Waals surface area (Å²) in [7, 11) is 0. The zero-order chi connectivity index (χ0) is 13.6. The fraction of sp³-hybridized carbons (Fsp3) is 0.467. The molecule has 3 heteroatoms. The molecule has 0 bridgehead atoms. The van der Waals surface area contributed by atoms with Crippen molar-refractivity contribution in [2.45, 2.75) is 40.2 Å². The number of carbonyl (C=O) groups excluding carboxylic acids is 1. The Labute approximate surface area is 109 Å². The first-order valence-electron chi connectivity index (χ1n) is 6.27. The number of amides is 1. The molecule has 1 N–H and O–H groups in total. The van der Waals surface area contributed by atoms with Crippen LogP contribution in [-0.4, -0.2) is 5.91 Å². The van der Waals surface area contributed by atoms with E-state index < -0.39 is 5.41 Å². The number of rotatable bonds is 5. The molecule has 0 heterocycles. The van der Waals surface area contributed by atoms with Gasteiger partial charge in [-0.3, -0.25) is 4.79 Å². The highest BCUT2D eigenvalue weighted by Crippen LogP contribution is 2.13. The smallest absolute Gasteiger partial charge is 0.240 e. The zero-order valence-corrected chi connectivity index (χ0v) is 11.3. The number of benzene rings is 1. The topological polar surface area (TPSA) is 52.9 Å². The number of nitrogens with zero attached hydrogens (tertiary/aromatic N) is 1. The van der Waals surface area contributed by atoms with Crippen molar-refractivity contribution in [2.75, 3.05) is 0 Å².